The van der Waals surface area contributed by atoms with Crippen molar-refractivity contribution in [3.8, 4) is 5.75 Å². The quantitative estimate of drug-likeness (QED) is 0.397. The fourth-order valence-electron chi connectivity index (χ4n) is 0.876. The number of benzene rings is 1. The number of aliphatic carboxylic acids is 1. The highest BCUT2D eigenvalue weighted by Crippen LogP contribution is 2.25. The second-order valence-corrected chi connectivity index (χ2v) is 2.46. The molecular formula is C9H10ClNO3. The zero-order valence-corrected chi connectivity index (χ0v) is 7.99. The summed E-state index contributed by atoms with van der Waals surface area (Å²) in [4.78, 5) is 10.2. The Morgan fingerprint density at radius 2 is 2.07 bits per heavy atom. The zero-order chi connectivity index (χ0) is 9.84. The van der Waals surface area contributed by atoms with Crippen LogP contribution in [0.2, 0.25) is 0 Å². The number of hydrogen-bond donors (Lipinski definition) is 3. The molecule has 0 spiro atoms. The average molecular weight is 216 g/mol. The number of anilines is 1. The molecule has 1 rings (SSSR count). The van der Waals surface area contributed by atoms with E-state index in [4.69, 9.17) is 10.8 Å². The number of hydrogen-bond acceptors (Lipinski definition) is 3. The number of phenols is 1. The molecule has 0 heterocycles. The monoisotopic (exact) mass is 215 g/mol. The van der Waals surface area contributed by atoms with Gasteiger partial charge in [-0.25, -0.2) is 4.79 Å². The molecule has 76 valence electrons. The SMILES string of the molecule is Cl.Nc1cccc(C=CC(=O)O)c1O. The standard InChI is InChI=1S/C9H9NO3.ClH/c10-7-3-1-2-6(9(7)13)4-5-8(11)12;/h1-5,13H,10H2,(H,11,12);1H. The predicted octanol–water partition coefficient (Wildman–Crippen LogP) is 1.49. The predicted molar refractivity (Wildman–Crippen MR) is 56.4 cm³/mol. The number of carbonyl (C=O) groups is 1. The summed E-state index contributed by atoms with van der Waals surface area (Å²) in [7, 11) is 0. The van der Waals surface area contributed by atoms with E-state index in [9.17, 15) is 9.90 Å². The zero-order valence-electron chi connectivity index (χ0n) is 7.18. The van der Waals surface area contributed by atoms with E-state index in [1.165, 1.54) is 12.1 Å². The molecule has 0 aliphatic carbocycles. The van der Waals surface area contributed by atoms with Crippen molar-refractivity contribution < 1.29 is 15.0 Å². The van der Waals surface area contributed by atoms with Crippen LogP contribution in [-0.2, 0) is 4.79 Å². The first-order chi connectivity index (χ1) is 6.11. The van der Waals surface area contributed by atoms with E-state index in [-0.39, 0.29) is 23.8 Å². The summed E-state index contributed by atoms with van der Waals surface area (Å²) in [6.07, 6.45) is 2.22. The number of aromatic hydroxyl groups is 1. The van der Waals surface area contributed by atoms with Crippen LogP contribution in [0.25, 0.3) is 6.08 Å². The van der Waals surface area contributed by atoms with Crippen LogP contribution in [0.4, 0.5) is 5.69 Å². The fourth-order valence-corrected chi connectivity index (χ4v) is 0.876. The van der Waals surface area contributed by atoms with Crippen molar-refractivity contribution in [2.75, 3.05) is 5.73 Å². The molecule has 14 heavy (non-hydrogen) atoms. The molecule has 0 aliphatic rings. The van der Waals surface area contributed by atoms with Crippen molar-refractivity contribution in [2.24, 2.45) is 0 Å². The highest BCUT2D eigenvalue weighted by molar-refractivity contribution is 5.86. The van der Waals surface area contributed by atoms with Gasteiger partial charge in [-0.15, -0.1) is 12.4 Å². The Balaban J connectivity index is 0.00000169. The summed E-state index contributed by atoms with van der Waals surface area (Å²) >= 11 is 0. The van der Waals surface area contributed by atoms with Gasteiger partial charge in [0.05, 0.1) is 5.69 Å². The van der Waals surface area contributed by atoms with Gasteiger partial charge in [0.2, 0.25) is 0 Å². The molecule has 0 atom stereocenters. The third-order valence-corrected chi connectivity index (χ3v) is 1.50. The van der Waals surface area contributed by atoms with E-state index in [1.807, 2.05) is 0 Å². The van der Waals surface area contributed by atoms with E-state index in [1.54, 1.807) is 12.1 Å². The summed E-state index contributed by atoms with van der Waals surface area (Å²) < 4.78 is 0. The number of halogens is 1. The van der Waals surface area contributed by atoms with Gasteiger partial charge in [-0.1, -0.05) is 12.1 Å². The van der Waals surface area contributed by atoms with Gasteiger partial charge in [0.15, 0.2) is 0 Å². The third kappa shape index (κ3) is 2.99. The second-order valence-electron chi connectivity index (χ2n) is 2.46. The van der Waals surface area contributed by atoms with E-state index in [0.29, 0.717) is 5.56 Å². The Hall–Kier alpha value is -1.68. The summed E-state index contributed by atoms with van der Waals surface area (Å²) in [5, 5.41) is 17.7. The van der Waals surface area contributed by atoms with Crippen LogP contribution in [0.1, 0.15) is 5.56 Å². The van der Waals surface area contributed by atoms with E-state index < -0.39 is 5.97 Å². The lowest BCUT2D eigenvalue weighted by Gasteiger charge is -2.00. The van der Waals surface area contributed by atoms with Crippen LogP contribution < -0.4 is 5.73 Å². The first-order valence-electron chi connectivity index (χ1n) is 3.59. The number of nitrogens with two attached hydrogens (primary N) is 1. The summed E-state index contributed by atoms with van der Waals surface area (Å²) in [5.41, 5.74) is 6.02. The second kappa shape index (κ2) is 5.14. The molecule has 0 aliphatic heterocycles. The van der Waals surface area contributed by atoms with Crippen molar-refractivity contribution in [3.63, 3.8) is 0 Å². The number of para-hydroxylation sites is 1. The smallest absolute Gasteiger partial charge is 0.328 e. The molecule has 1 aromatic rings. The summed E-state index contributed by atoms with van der Waals surface area (Å²) in [6.45, 7) is 0. The van der Waals surface area contributed by atoms with E-state index >= 15 is 0 Å². The maximum absolute atomic E-state index is 10.2. The van der Waals surface area contributed by atoms with Crippen LogP contribution in [0, 0.1) is 0 Å². The highest BCUT2D eigenvalue weighted by Gasteiger charge is 2.00. The number of rotatable bonds is 2. The van der Waals surface area contributed by atoms with Gasteiger partial charge < -0.3 is 15.9 Å². The first-order valence-corrected chi connectivity index (χ1v) is 3.59. The number of phenolic OH excluding ortho intramolecular Hbond substituents is 1. The van der Waals surface area contributed by atoms with Gasteiger partial charge in [-0.2, -0.15) is 0 Å². The lowest BCUT2D eigenvalue weighted by atomic mass is 10.1. The topological polar surface area (TPSA) is 83.6 Å². The van der Waals surface area contributed by atoms with Crippen LogP contribution in [0.15, 0.2) is 24.3 Å². The number of carboxylic acids is 1. The minimum Gasteiger partial charge on any atom is -0.505 e. The van der Waals surface area contributed by atoms with Crippen molar-refractivity contribution in [3.05, 3.63) is 29.8 Å². The van der Waals surface area contributed by atoms with Crippen LogP contribution in [0.3, 0.4) is 0 Å². The summed E-state index contributed by atoms with van der Waals surface area (Å²) in [5.74, 6) is -1.16. The van der Waals surface area contributed by atoms with Gasteiger partial charge >= 0.3 is 5.97 Å². The Kier molecular flexibility index (Phi) is 4.52. The molecule has 0 aromatic heterocycles. The summed E-state index contributed by atoms with van der Waals surface area (Å²) in [6, 6.07) is 4.75. The molecule has 0 radical (unpaired) electrons. The van der Waals surface area contributed by atoms with Crippen molar-refractivity contribution in [1.82, 2.24) is 0 Å². The van der Waals surface area contributed by atoms with Crippen LogP contribution >= 0.6 is 12.4 Å². The van der Waals surface area contributed by atoms with Crippen molar-refractivity contribution >= 4 is 30.1 Å². The minimum atomic E-state index is -1.07. The fraction of sp³-hybridized carbons (Fsp3) is 0. The first kappa shape index (κ1) is 12.3. The van der Waals surface area contributed by atoms with Crippen molar-refractivity contribution in [1.29, 1.82) is 0 Å². The van der Waals surface area contributed by atoms with E-state index in [0.717, 1.165) is 6.08 Å². The normalized spacial score (nSPS) is 9.71. The van der Waals surface area contributed by atoms with Gasteiger partial charge in [0, 0.05) is 11.6 Å². The Morgan fingerprint density at radius 3 is 2.64 bits per heavy atom. The third-order valence-electron chi connectivity index (χ3n) is 1.50. The van der Waals surface area contributed by atoms with Crippen molar-refractivity contribution in [2.45, 2.75) is 0 Å². The molecule has 4 nitrogen and oxygen atoms in total. The Morgan fingerprint density at radius 1 is 1.43 bits per heavy atom. The van der Waals surface area contributed by atoms with Gasteiger partial charge in [-0.3, -0.25) is 0 Å². The van der Waals surface area contributed by atoms with Crippen LogP contribution in [0.5, 0.6) is 5.75 Å². The molecule has 0 bridgehead atoms. The van der Waals surface area contributed by atoms with Gasteiger partial charge in [0.1, 0.15) is 5.75 Å². The molecule has 5 heteroatoms. The molecule has 4 N–H and O–H groups in total. The molecule has 0 unspecified atom stereocenters. The van der Waals surface area contributed by atoms with E-state index in [2.05, 4.69) is 0 Å². The Bertz CT molecular complexity index is 363. The highest BCUT2D eigenvalue weighted by atomic mass is 35.5. The number of nitrogen functional groups attached to an aromatic ring is 1. The minimum absolute atomic E-state index is 0. The Labute approximate surface area is 87.1 Å². The molecular weight excluding hydrogens is 206 g/mol. The molecule has 0 amide bonds. The maximum Gasteiger partial charge on any atom is 0.328 e. The molecule has 0 saturated heterocycles. The van der Waals surface area contributed by atoms with Gasteiger partial charge in [-0.05, 0) is 12.1 Å². The molecule has 0 saturated carbocycles. The average Bonchev–Trinajstić information content (AvgIpc) is 2.07. The number of carboxylic acid groups (broad SMARTS) is 1. The maximum atomic E-state index is 10.2. The largest absolute Gasteiger partial charge is 0.505 e. The lowest BCUT2D eigenvalue weighted by molar-refractivity contribution is -0.131. The molecule has 0 fully saturated rings. The van der Waals surface area contributed by atoms with Crippen LogP contribution in [-0.4, -0.2) is 16.2 Å². The lowest BCUT2D eigenvalue weighted by Crippen LogP contribution is -1.88. The molecule has 1 aromatic carbocycles. The van der Waals surface area contributed by atoms with Gasteiger partial charge in [0.25, 0.3) is 0 Å².